The van der Waals surface area contributed by atoms with Crippen LogP contribution in [0.25, 0.3) is 28.4 Å². The maximum atomic E-state index is 13.4. The van der Waals surface area contributed by atoms with Crippen LogP contribution in [0.3, 0.4) is 0 Å². The lowest BCUT2D eigenvalue weighted by Crippen LogP contribution is -2.11. The third-order valence-corrected chi connectivity index (χ3v) is 5.78. The van der Waals surface area contributed by atoms with E-state index in [9.17, 15) is 21.6 Å². The molecule has 10 heteroatoms. The second-order valence-corrected chi connectivity index (χ2v) is 8.91. The molecule has 0 N–H and O–H groups in total. The monoisotopic (exact) mass is 447 g/mol. The molecule has 160 valence electrons. The summed E-state index contributed by atoms with van der Waals surface area (Å²) in [6.07, 6.45) is -0.929. The number of hydrogen-bond donors (Lipinski definition) is 0. The number of sulfone groups is 1. The second kappa shape index (κ2) is 7.38. The minimum atomic E-state index is -4.72. The Kier molecular flexibility index (Phi) is 4.97. The topological polar surface area (TPSA) is 78.0 Å². The van der Waals surface area contributed by atoms with E-state index in [1.807, 2.05) is 0 Å². The Morgan fingerprint density at radius 3 is 2.45 bits per heavy atom. The van der Waals surface area contributed by atoms with Crippen molar-refractivity contribution in [3.8, 4) is 28.4 Å². The summed E-state index contributed by atoms with van der Waals surface area (Å²) in [6, 6.07) is 12.1. The molecule has 3 aromatic heterocycles. The average Bonchev–Trinajstić information content (AvgIpc) is 3.37. The summed E-state index contributed by atoms with van der Waals surface area (Å²) in [5.41, 5.74) is 0.870. The predicted molar refractivity (Wildman–Crippen MR) is 107 cm³/mol. The molecule has 0 spiro atoms. The number of aryl methyl sites for hydroxylation is 1. The van der Waals surface area contributed by atoms with Crippen molar-refractivity contribution in [2.24, 2.45) is 0 Å². The lowest BCUT2D eigenvalue weighted by molar-refractivity contribution is -0.141. The molecular weight excluding hydrogens is 431 g/mol. The molecule has 3 heterocycles. The van der Waals surface area contributed by atoms with E-state index in [1.165, 1.54) is 24.6 Å². The Hall–Kier alpha value is -3.40. The molecule has 0 fully saturated rings. The second-order valence-electron chi connectivity index (χ2n) is 6.93. The Balaban J connectivity index is 1.94. The van der Waals surface area contributed by atoms with Gasteiger partial charge in [-0.05, 0) is 48.9 Å². The maximum Gasteiger partial charge on any atom is 0.435 e. The van der Waals surface area contributed by atoms with Crippen LogP contribution in [0.4, 0.5) is 13.2 Å². The summed E-state index contributed by atoms with van der Waals surface area (Å²) in [7, 11) is -3.77. The number of furan rings is 1. The van der Waals surface area contributed by atoms with Crippen LogP contribution >= 0.6 is 0 Å². The van der Waals surface area contributed by atoms with Gasteiger partial charge in [-0.25, -0.2) is 18.1 Å². The van der Waals surface area contributed by atoms with Crippen LogP contribution in [0.5, 0.6) is 0 Å². The highest BCUT2D eigenvalue weighted by molar-refractivity contribution is 7.90. The number of alkyl halides is 3. The summed E-state index contributed by atoms with van der Waals surface area (Å²) in [5.74, 6) is 0.417. The van der Waals surface area contributed by atoms with E-state index < -0.39 is 21.7 Å². The summed E-state index contributed by atoms with van der Waals surface area (Å²) in [6.45, 7) is 1.80. The third kappa shape index (κ3) is 3.98. The molecular formula is C21H16F3N3O3S. The van der Waals surface area contributed by atoms with Gasteiger partial charge in [-0.3, -0.25) is 0 Å². The minimum absolute atomic E-state index is 0.0602. The van der Waals surface area contributed by atoms with E-state index in [1.54, 1.807) is 37.3 Å². The van der Waals surface area contributed by atoms with Crippen molar-refractivity contribution in [2.75, 3.05) is 6.26 Å². The summed E-state index contributed by atoms with van der Waals surface area (Å²) in [5, 5.41) is 3.65. The van der Waals surface area contributed by atoms with E-state index in [0.29, 0.717) is 11.3 Å². The number of aromatic nitrogens is 3. The normalized spacial score (nSPS) is 12.3. The van der Waals surface area contributed by atoms with Gasteiger partial charge in [0.1, 0.15) is 10.7 Å². The fourth-order valence-electron chi connectivity index (χ4n) is 3.25. The Labute approximate surface area is 175 Å². The highest BCUT2D eigenvalue weighted by atomic mass is 32.2. The molecule has 0 radical (unpaired) electrons. The largest absolute Gasteiger partial charge is 0.464 e. The number of pyridine rings is 1. The molecule has 0 saturated heterocycles. The lowest BCUT2D eigenvalue weighted by Gasteiger charge is -2.12. The zero-order chi connectivity index (χ0) is 22.4. The first kappa shape index (κ1) is 20.9. The number of rotatable bonds is 4. The SMILES string of the molecule is Cc1cc(-c2cc(C(F)(F)F)nn2-c2ncccc2S(C)(=O)=O)ccc1-c1ccco1. The van der Waals surface area contributed by atoms with Crippen LogP contribution in [0.15, 0.2) is 70.3 Å². The quantitative estimate of drug-likeness (QED) is 0.444. The molecule has 0 saturated carbocycles. The van der Waals surface area contributed by atoms with Crippen LogP contribution < -0.4 is 0 Å². The van der Waals surface area contributed by atoms with Crippen LogP contribution in [0.2, 0.25) is 0 Å². The van der Waals surface area contributed by atoms with Crippen LogP contribution in [-0.4, -0.2) is 29.4 Å². The predicted octanol–water partition coefficient (Wildman–Crippen LogP) is 4.93. The Bertz CT molecular complexity index is 1360. The fourth-order valence-corrected chi connectivity index (χ4v) is 4.05. The maximum absolute atomic E-state index is 13.4. The molecule has 31 heavy (non-hydrogen) atoms. The number of benzene rings is 1. The summed E-state index contributed by atoms with van der Waals surface area (Å²) in [4.78, 5) is 3.79. The van der Waals surface area contributed by atoms with Crippen molar-refractivity contribution in [1.29, 1.82) is 0 Å². The van der Waals surface area contributed by atoms with Gasteiger partial charge in [0.05, 0.1) is 12.0 Å². The van der Waals surface area contributed by atoms with Crippen molar-refractivity contribution in [3.63, 3.8) is 0 Å². The van der Waals surface area contributed by atoms with E-state index >= 15 is 0 Å². The minimum Gasteiger partial charge on any atom is -0.464 e. The highest BCUT2D eigenvalue weighted by Crippen LogP contribution is 2.35. The van der Waals surface area contributed by atoms with Gasteiger partial charge in [-0.2, -0.15) is 18.3 Å². The number of halogens is 3. The van der Waals surface area contributed by atoms with Gasteiger partial charge < -0.3 is 4.42 Å². The number of hydrogen-bond acceptors (Lipinski definition) is 5. The molecule has 1 aromatic carbocycles. The average molecular weight is 447 g/mol. The fraction of sp³-hybridized carbons (Fsp3) is 0.143. The first-order valence-electron chi connectivity index (χ1n) is 9.03. The molecule has 4 rings (SSSR count). The zero-order valence-corrected chi connectivity index (χ0v) is 17.2. The van der Waals surface area contributed by atoms with Gasteiger partial charge in [0.15, 0.2) is 21.3 Å². The standard InChI is InChI=1S/C21H16F3N3O3S/c1-13-11-14(7-8-15(13)17-5-4-10-30-17)16-12-19(21(22,23)24)26-27(16)20-18(31(2,28)29)6-3-9-25-20/h3-12H,1-2H3. The van der Waals surface area contributed by atoms with Gasteiger partial charge in [-0.15, -0.1) is 0 Å². The molecule has 0 atom stereocenters. The van der Waals surface area contributed by atoms with Gasteiger partial charge in [0.2, 0.25) is 0 Å². The third-order valence-electron chi connectivity index (χ3n) is 4.66. The highest BCUT2D eigenvalue weighted by Gasteiger charge is 2.36. The van der Waals surface area contributed by atoms with Crippen LogP contribution in [-0.2, 0) is 16.0 Å². The smallest absolute Gasteiger partial charge is 0.435 e. The molecule has 0 bridgehead atoms. The van der Waals surface area contributed by atoms with E-state index in [4.69, 9.17) is 4.42 Å². The van der Waals surface area contributed by atoms with Crippen LogP contribution in [0.1, 0.15) is 11.3 Å². The van der Waals surface area contributed by atoms with Crippen LogP contribution in [0, 0.1) is 6.92 Å². The van der Waals surface area contributed by atoms with Gasteiger partial charge >= 0.3 is 6.18 Å². The molecule has 4 aromatic rings. The lowest BCUT2D eigenvalue weighted by atomic mass is 10.0. The van der Waals surface area contributed by atoms with E-state index in [-0.39, 0.29) is 16.4 Å². The molecule has 0 unspecified atom stereocenters. The molecule has 0 amide bonds. The Morgan fingerprint density at radius 2 is 1.84 bits per heavy atom. The zero-order valence-electron chi connectivity index (χ0n) is 16.4. The summed E-state index contributed by atoms with van der Waals surface area (Å²) < 4.78 is 71.1. The first-order valence-corrected chi connectivity index (χ1v) is 10.9. The van der Waals surface area contributed by atoms with E-state index in [0.717, 1.165) is 28.1 Å². The van der Waals surface area contributed by atoms with Crippen molar-refractivity contribution in [2.45, 2.75) is 18.0 Å². The van der Waals surface area contributed by atoms with Crippen molar-refractivity contribution in [1.82, 2.24) is 14.8 Å². The molecule has 0 aliphatic carbocycles. The van der Waals surface area contributed by atoms with Crippen molar-refractivity contribution in [3.05, 3.63) is 72.2 Å². The molecule has 0 aliphatic rings. The van der Waals surface area contributed by atoms with Gasteiger partial charge in [-0.1, -0.05) is 12.1 Å². The van der Waals surface area contributed by atoms with Gasteiger partial charge in [0, 0.05) is 23.6 Å². The number of nitrogens with zero attached hydrogens (tertiary/aromatic N) is 3. The van der Waals surface area contributed by atoms with Crippen molar-refractivity contribution >= 4 is 9.84 Å². The van der Waals surface area contributed by atoms with Gasteiger partial charge in [0.25, 0.3) is 0 Å². The first-order chi connectivity index (χ1) is 14.6. The molecule has 0 aliphatic heterocycles. The summed E-state index contributed by atoms with van der Waals surface area (Å²) >= 11 is 0. The molecule has 6 nitrogen and oxygen atoms in total. The van der Waals surface area contributed by atoms with E-state index in [2.05, 4.69) is 10.1 Å². The van der Waals surface area contributed by atoms with Crippen molar-refractivity contribution < 1.29 is 26.0 Å². The Morgan fingerprint density at radius 1 is 1.06 bits per heavy atom.